The number of nitrogens with zero attached hydrogens (tertiary/aromatic N) is 3. The Labute approximate surface area is 162 Å². The minimum absolute atomic E-state index is 0.0560. The lowest BCUT2D eigenvalue weighted by Gasteiger charge is -2.45. The maximum Gasteiger partial charge on any atom is 0.270 e. The van der Waals surface area contributed by atoms with E-state index < -0.39 is 10.6 Å². The fraction of sp³-hybridized carbons (Fsp3) is 0.227. The molecule has 1 atom stereocenters. The number of rotatable bonds is 1. The number of ether oxygens (including phenoxy) is 1. The van der Waals surface area contributed by atoms with Crippen LogP contribution in [0.5, 0.6) is 5.75 Å². The van der Waals surface area contributed by atoms with Gasteiger partial charge in [-0.05, 0) is 43.7 Å². The average Bonchev–Trinajstić information content (AvgIpc) is 2.86. The number of nitro benzene ring substituents is 1. The van der Waals surface area contributed by atoms with Crippen molar-refractivity contribution in [2.24, 2.45) is 0 Å². The molecule has 2 aliphatic heterocycles. The maximum atomic E-state index is 11.1. The number of non-ortho nitro benzene ring substituents is 1. The van der Waals surface area contributed by atoms with E-state index in [-0.39, 0.29) is 11.1 Å². The predicted octanol–water partition coefficient (Wildman–Crippen LogP) is 4.67. The number of aromatic nitrogens is 1. The summed E-state index contributed by atoms with van der Waals surface area (Å²) in [7, 11) is 2.02. The summed E-state index contributed by atoms with van der Waals surface area (Å²) in [5.41, 5.74) is 2.82. The summed E-state index contributed by atoms with van der Waals surface area (Å²) in [5, 5.41) is 12.2. The van der Waals surface area contributed by atoms with E-state index in [1.165, 1.54) is 6.07 Å². The van der Waals surface area contributed by atoms with Crippen LogP contribution >= 0.6 is 0 Å². The molecule has 0 amide bonds. The van der Waals surface area contributed by atoms with E-state index in [1.807, 2.05) is 25.3 Å². The molecule has 2 aliphatic rings. The first-order valence-electron chi connectivity index (χ1n) is 9.14. The predicted molar refractivity (Wildman–Crippen MR) is 109 cm³/mol. The van der Waals surface area contributed by atoms with Gasteiger partial charge in [0.25, 0.3) is 5.69 Å². The molecule has 28 heavy (non-hydrogen) atoms. The zero-order valence-electron chi connectivity index (χ0n) is 15.8. The van der Waals surface area contributed by atoms with Gasteiger partial charge in [0.15, 0.2) is 0 Å². The van der Waals surface area contributed by atoms with E-state index in [2.05, 4.69) is 41.9 Å². The molecule has 0 N–H and O–H groups in total. The van der Waals surface area contributed by atoms with Crippen LogP contribution in [0.1, 0.15) is 25.0 Å². The van der Waals surface area contributed by atoms with Crippen LogP contribution in [0.25, 0.3) is 17.0 Å². The Hall–Kier alpha value is -3.41. The van der Waals surface area contributed by atoms with Crippen LogP contribution in [-0.2, 0) is 5.41 Å². The first kappa shape index (κ1) is 16.7. The van der Waals surface area contributed by atoms with E-state index in [1.54, 1.807) is 18.3 Å². The topological polar surface area (TPSA) is 68.5 Å². The minimum Gasteiger partial charge on any atom is -0.463 e. The quantitative estimate of drug-likeness (QED) is 0.458. The zero-order chi connectivity index (χ0) is 19.7. The Morgan fingerprint density at radius 3 is 2.79 bits per heavy atom. The lowest BCUT2D eigenvalue weighted by molar-refractivity contribution is -0.384. The molecule has 140 valence electrons. The summed E-state index contributed by atoms with van der Waals surface area (Å²) >= 11 is 0. The molecule has 1 unspecified atom stereocenters. The minimum atomic E-state index is -0.746. The Kier molecular flexibility index (Phi) is 3.18. The highest BCUT2D eigenvalue weighted by molar-refractivity contribution is 5.95. The van der Waals surface area contributed by atoms with Crippen LogP contribution < -0.4 is 9.64 Å². The van der Waals surface area contributed by atoms with Gasteiger partial charge in [-0.3, -0.25) is 15.1 Å². The number of anilines is 1. The number of hydrogen-bond acceptors (Lipinski definition) is 5. The molecule has 3 heterocycles. The third kappa shape index (κ3) is 1.94. The second-order valence-electron chi connectivity index (χ2n) is 7.83. The summed E-state index contributed by atoms with van der Waals surface area (Å²) in [6.07, 6.45) is 5.74. The highest BCUT2D eigenvalue weighted by Gasteiger charge is 2.58. The van der Waals surface area contributed by atoms with Gasteiger partial charge in [0.2, 0.25) is 5.72 Å². The van der Waals surface area contributed by atoms with E-state index in [9.17, 15) is 10.1 Å². The summed E-state index contributed by atoms with van der Waals surface area (Å²) in [5.74, 6) is 0.637. The molecular weight excluding hydrogens is 354 g/mol. The second-order valence-corrected chi connectivity index (χ2v) is 7.83. The Morgan fingerprint density at radius 2 is 2.00 bits per heavy atom. The highest BCUT2D eigenvalue weighted by Crippen LogP contribution is 2.55. The van der Waals surface area contributed by atoms with Crippen LogP contribution in [0.15, 0.2) is 54.7 Å². The van der Waals surface area contributed by atoms with Gasteiger partial charge < -0.3 is 9.64 Å². The molecule has 5 rings (SSSR count). The lowest BCUT2D eigenvalue weighted by Crippen LogP contribution is -2.58. The number of pyridine rings is 1. The van der Waals surface area contributed by atoms with Gasteiger partial charge in [0, 0.05) is 36.3 Å². The first-order valence-corrected chi connectivity index (χ1v) is 9.14. The number of nitro groups is 1. The van der Waals surface area contributed by atoms with Gasteiger partial charge in [-0.2, -0.15) is 0 Å². The van der Waals surface area contributed by atoms with Crippen molar-refractivity contribution in [2.75, 3.05) is 11.9 Å². The smallest absolute Gasteiger partial charge is 0.270 e. The molecule has 1 spiro atoms. The second kappa shape index (κ2) is 5.32. The molecule has 1 aromatic heterocycles. The summed E-state index contributed by atoms with van der Waals surface area (Å²) in [6.45, 7) is 4.32. The standard InChI is InChI=1S/C22H19N3O3/c1-21(2)17-8-6-14-5-4-12-23-19(14)20(17)24(3)22(21)11-10-15-13-16(25(26)27)7-9-18(15)28-22/h4-13H,1-3H3. The van der Waals surface area contributed by atoms with E-state index >= 15 is 0 Å². The van der Waals surface area contributed by atoms with Gasteiger partial charge in [-0.25, -0.2) is 0 Å². The molecule has 0 saturated carbocycles. The van der Waals surface area contributed by atoms with Crippen molar-refractivity contribution >= 4 is 28.4 Å². The number of fused-ring (bicyclic) bond motifs is 4. The molecule has 2 aromatic carbocycles. The fourth-order valence-corrected chi connectivity index (χ4v) is 4.55. The van der Waals surface area contributed by atoms with E-state index in [0.717, 1.165) is 22.2 Å². The molecule has 0 saturated heterocycles. The Bertz CT molecular complexity index is 1180. The molecule has 6 heteroatoms. The normalized spacial score (nSPS) is 21.5. The van der Waals surface area contributed by atoms with Gasteiger partial charge in [-0.1, -0.05) is 18.2 Å². The van der Waals surface area contributed by atoms with Crippen LogP contribution in [0, 0.1) is 10.1 Å². The third-order valence-electron chi connectivity index (χ3n) is 6.11. The summed E-state index contributed by atoms with van der Waals surface area (Å²) in [4.78, 5) is 17.5. The number of benzene rings is 2. The molecule has 0 radical (unpaired) electrons. The third-order valence-corrected chi connectivity index (χ3v) is 6.11. The lowest BCUT2D eigenvalue weighted by atomic mass is 9.76. The largest absolute Gasteiger partial charge is 0.463 e. The maximum absolute atomic E-state index is 11.1. The SMILES string of the molecule is CN1c2c(ccc3cccnc23)C(C)(C)C12C=Cc1cc([N+](=O)[O-])ccc1O2. The van der Waals surface area contributed by atoms with Crippen LogP contribution in [0.3, 0.4) is 0 Å². The molecule has 0 bridgehead atoms. The summed E-state index contributed by atoms with van der Waals surface area (Å²) < 4.78 is 6.56. The van der Waals surface area contributed by atoms with Crippen molar-refractivity contribution in [3.05, 3.63) is 76.0 Å². The summed E-state index contributed by atoms with van der Waals surface area (Å²) in [6, 6.07) is 12.9. The van der Waals surface area contributed by atoms with Gasteiger partial charge in [0.05, 0.1) is 21.5 Å². The Balaban J connectivity index is 1.70. The first-order chi connectivity index (χ1) is 13.3. The van der Waals surface area contributed by atoms with Gasteiger partial charge in [0.1, 0.15) is 5.75 Å². The van der Waals surface area contributed by atoms with Crippen molar-refractivity contribution in [3.8, 4) is 5.75 Å². The van der Waals surface area contributed by atoms with E-state index in [0.29, 0.717) is 11.3 Å². The van der Waals surface area contributed by atoms with Crippen LogP contribution in [0.2, 0.25) is 0 Å². The van der Waals surface area contributed by atoms with Crippen molar-refractivity contribution in [1.29, 1.82) is 0 Å². The monoisotopic (exact) mass is 373 g/mol. The highest BCUT2D eigenvalue weighted by atomic mass is 16.6. The van der Waals surface area contributed by atoms with Crippen molar-refractivity contribution in [3.63, 3.8) is 0 Å². The molecule has 6 nitrogen and oxygen atoms in total. The van der Waals surface area contributed by atoms with Gasteiger partial charge in [-0.15, -0.1) is 0 Å². The molecule has 0 aliphatic carbocycles. The van der Waals surface area contributed by atoms with Crippen molar-refractivity contribution in [2.45, 2.75) is 25.0 Å². The number of likely N-dealkylation sites (N-methyl/N-ethyl adjacent to an activating group) is 1. The molecular formula is C22H19N3O3. The fourth-order valence-electron chi connectivity index (χ4n) is 4.55. The molecule has 3 aromatic rings. The zero-order valence-corrected chi connectivity index (χ0v) is 15.8. The van der Waals surface area contributed by atoms with Crippen molar-refractivity contribution in [1.82, 2.24) is 4.98 Å². The Morgan fingerprint density at radius 1 is 1.18 bits per heavy atom. The van der Waals surface area contributed by atoms with E-state index in [4.69, 9.17) is 4.74 Å². The molecule has 0 fully saturated rings. The van der Waals surface area contributed by atoms with Crippen molar-refractivity contribution < 1.29 is 9.66 Å². The average molecular weight is 373 g/mol. The number of hydrogen-bond donors (Lipinski definition) is 0. The van der Waals surface area contributed by atoms with Gasteiger partial charge >= 0.3 is 0 Å². The van der Waals surface area contributed by atoms with Crippen LogP contribution in [-0.4, -0.2) is 22.7 Å². The van der Waals surface area contributed by atoms with Crippen LogP contribution in [0.4, 0.5) is 11.4 Å².